The molecule has 0 unspecified atom stereocenters. The van der Waals surface area contributed by atoms with Crippen molar-refractivity contribution in [1.82, 2.24) is 4.90 Å². The molecule has 22 heavy (non-hydrogen) atoms. The van der Waals surface area contributed by atoms with Crippen molar-refractivity contribution in [2.45, 2.75) is 19.4 Å². The molecule has 1 aliphatic heterocycles. The van der Waals surface area contributed by atoms with E-state index in [1.165, 1.54) is 5.56 Å². The van der Waals surface area contributed by atoms with E-state index >= 15 is 0 Å². The topological polar surface area (TPSA) is 29.5 Å². The predicted octanol–water partition coefficient (Wildman–Crippen LogP) is 4.41. The number of benzene rings is 2. The molecule has 3 nitrogen and oxygen atoms in total. The monoisotopic (exact) mass is 293 g/mol. The highest BCUT2D eigenvalue weighted by molar-refractivity contribution is 5.72. The predicted molar refractivity (Wildman–Crippen MR) is 87.2 cm³/mol. The zero-order chi connectivity index (χ0) is 15.4. The zero-order valence-electron chi connectivity index (χ0n) is 12.6. The Morgan fingerprint density at radius 3 is 2.68 bits per heavy atom. The summed E-state index contributed by atoms with van der Waals surface area (Å²) >= 11 is 0. The van der Waals surface area contributed by atoms with Gasteiger partial charge in [-0.3, -0.25) is 4.90 Å². The van der Waals surface area contributed by atoms with E-state index in [9.17, 15) is 4.79 Å². The fourth-order valence-electron chi connectivity index (χ4n) is 2.53. The lowest BCUT2D eigenvalue weighted by atomic mass is 10.0. The maximum Gasteiger partial charge on any atom is 0.414 e. The van der Waals surface area contributed by atoms with E-state index in [0.717, 1.165) is 11.1 Å². The normalized spacial score (nSPS) is 14.3. The van der Waals surface area contributed by atoms with Crippen LogP contribution in [-0.4, -0.2) is 17.6 Å². The van der Waals surface area contributed by atoms with Gasteiger partial charge >= 0.3 is 6.09 Å². The summed E-state index contributed by atoms with van der Waals surface area (Å²) in [7, 11) is 0. The second-order valence-electron chi connectivity index (χ2n) is 5.53. The van der Waals surface area contributed by atoms with Gasteiger partial charge in [0, 0.05) is 12.1 Å². The molecule has 0 radical (unpaired) electrons. The first-order valence-corrected chi connectivity index (χ1v) is 7.48. The minimum absolute atomic E-state index is 0.186. The quantitative estimate of drug-likeness (QED) is 0.838. The molecular formula is C19H19NO2. The molecule has 1 atom stereocenters. The molecule has 2 aromatic rings. The lowest BCUT2D eigenvalue weighted by Crippen LogP contribution is -2.29. The molecule has 1 aliphatic rings. The summed E-state index contributed by atoms with van der Waals surface area (Å²) in [5, 5.41) is 0. The second-order valence-corrected chi connectivity index (χ2v) is 5.53. The van der Waals surface area contributed by atoms with E-state index in [0.29, 0.717) is 13.2 Å². The maximum atomic E-state index is 12.2. The van der Waals surface area contributed by atoms with Crippen LogP contribution in [-0.2, 0) is 11.3 Å². The molecule has 0 saturated heterocycles. The van der Waals surface area contributed by atoms with Crippen molar-refractivity contribution >= 4 is 12.2 Å². The Balaban J connectivity index is 1.57. The Bertz CT molecular complexity index is 679. The van der Waals surface area contributed by atoms with Gasteiger partial charge in [0.1, 0.15) is 0 Å². The smallest absolute Gasteiger partial charge is 0.414 e. The van der Waals surface area contributed by atoms with Crippen LogP contribution in [0.1, 0.15) is 29.5 Å². The molecule has 0 N–H and O–H groups in total. The minimum atomic E-state index is -0.298. The van der Waals surface area contributed by atoms with E-state index in [-0.39, 0.29) is 12.0 Å². The van der Waals surface area contributed by atoms with Gasteiger partial charge in [0.25, 0.3) is 0 Å². The van der Waals surface area contributed by atoms with Gasteiger partial charge in [-0.1, -0.05) is 61.5 Å². The first-order chi connectivity index (χ1) is 10.7. The van der Waals surface area contributed by atoms with Gasteiger partial charge in [-0.15, -0.1) is 0 Å². The molecule has 0 aliphatic carbocycles. The van der Waals surface area contributed by atoms with Crippen LogP contribution in [0, 0.1) is 0 Å². The Morgan fingerprint density at radius 2 is 1.86 bits per heavy atom. The molecular weight excluding hydrogens is 274 g/mol. The number of hydrogen-bond acceptors (Lipinski definition) is 2. The molecule has 0 spiro atoms. The van der Waals surface area contributed by atoms with Crippen LogP contribution in [0.25, 0.3) is 6.08 Å². The summed E-state index contributed by atoms with van der Waals surface area (Å²) in [5.74, 6) is 0.186. The van der Waals surface area contributed by atoms with E-state index < -0.39 is 0 Å². The van der Waals surface area contributed by atoms with Gasteiger partial charge in [0.2, 0.25) is 0 Å². The molecule has 2 aromatic carbocycles. The second kappa shape index (κ2) is 6.48. The molecule has 1 amide bonds. The van der Waals surface area contributed by atoms with Crippen molar-refractivity contribution in [1.29, 1.82) is 0 Å². The SMILES string of the molecule is C[C@@H](COC(=O)N1C=Cc2ccccc2C1)c1ccccc1. The van der Waals surface area contributed by atoms with Crippen LogP contribution in [0.4, 0.5) is 4.79 Å². The lowest BCUT2D eigenvalue weighted by molar-refractivity contribution is 0.110. The number of fused-ring (bicyclic) bond motifs is 1. The number of ether oxygens (including phenoxy) is 1. The molecule has 0 fully saturated rings. The van der Waals surface area contributed by atoms with Gasteiger partial charge in [0.15, 0.2) is 0 Å². The van der Waals surface area contributed by atoms with Gasteiger partial charge in [-0.2, -0.15) is 0 Å². The number of hydrogen-bond donors (Lipinski definition) is 0. The van der Waals surface area contributed by atoms with Crippen LogP contribution in [0.2, 0.25) is 0 Å². The molecule has 0 bridgehead atoms. The van der Waals surface area contributed by atoms with Crippen molar-refractivity contribution in [3.8, 4) is 0 Å². The molecule has 1 heterocycles. The summed E-state index contributed by atoms with van der Waals surface area (Å²) in [6.45, 7) is 3.00. The minimum Gasteiger partial charge on any atom is -0.449 e. The van der Waals surface area contributed by atoms with E-state index in [2.05, 4.69) is 19.1 Å². The average molecular weight is 293 g/mol. The summed E-state index contributed by atoms with van der Waals surface area (Å²) in [6, 6.07) is 18.1. The van der Waals surface area contributed by atoms with Crippen molar-refractivity contribution in [2.24, 2.45) is 0 Å². The van der Waals surface area contributed by atoms with Gasteiger partial charge < -0.3 is 4.74 Å². The molecule has 112 valence electrons. The molecule has 3 rings (SSSR count). The van der Waals surface area contributed by atoms with Crippen molar-refractivity contribution in [2.75, 3.05) is 6.61 Å². The summed E-state index contributed by atoms with van der Waals surface area (Å²) in [6.07, 6.45) is 3.44. The van der Waals surface area contributed by atoms with Crippen LogP contribution >= 0.6 is 0 Å². The van der Waals surface area contributed by atoms with Gasteiger partial charge in [-0.05, 0) is 22.8 Å². The Morgan fingerprint density at radius 1 is 1.14 bits per heavy atom. The molecule has 0 saturated carbocycles. The Kier molecular flexibility index (Phi) is 4.24. The summed E-state index contributed by atoms with van der Waals surface area (Å²) in [4.78, 5) is 13.8. The van der Waals surface area contributed by atoms with Gasteiger partial charge in [0.05, 0.1) is 13.2 Å². The Hall–Kier alpha value is -2.55. The third-order valence-corrected chi connectivity index (χ3v) is 3.89. The van der Waals surface area contributed by atoms with Crippen LogP contribution < -0.4 is 0 Å². The number of rotatable bonds is 3. The van der Waals surface area contributed by atoms with Crippen LogP contribution in [0.3, 0.4) is 0 Å². The van der Waals surface area contributed by atoms with Crippen molar-refractivity contribution < 1.29 is 9.53 Å². The van der Waals surface area contributed by atoms with Gasteiger partial charge in [-0.25, -0.2) is 4.79 Å². The molecule has 0 aromatic heterocycles. The average Bonchev–Trinajstić information content (AvgIpc) is 2.59. The molecule has 3 heteroatoms. The van der Waals surface area contributed by atoms with E-state index in [1.807, 2.05) is 48.5 Å². The van der Waals surface area contributed by atoms with Crippen LogP contribution in [0.15, 0.2) is 60.8 Å². The number of carbonyl (C=O) groups excluding carboxylic acids is 1. The highest BCUT2D eigenvalue weighted by Crippen LogP contribution is 2.21. The van der Waals surface area contributed by atoms with Crippen molar-refractivity contribution in [3.63, 3.8) is 0 Å². The lowest BCUT2D eigenvalue weighted by Gasteiger charge is -2.23. The van der Waals surface area contributed by atoms with Crippen LogP contribution in [0.5, 0.6) is 0 Å². The van der Waals surface area contributed by atoms with Crippen molar-refractivity contribution in [3.05, 3.63) is 77.5 Å². The number of amides is 1. The first-order valence-electron chi connectivity index (χ1n) is 7.48. The zero-order valence-corrected chi connectivity index (χ0v) is 12.6. The van der Waals surface area contributed by atoms with E-state index in [1.54, 1.807) is 11.1 Å². The Labute approximate surface area is 130 Å². The standard InChI is InChI=1S/C19H19NO2/c1-15(16-7-3-2-4-8-16)14-22-19(21)20-12-11-17-9-5-6-10-18(17)13-20/h2-12,15H,13-14H2,1H3/t15-/m0/s1. The first kappa shape index (κ1) is 14.4. The fraction of sp³-hybridized carbons (Fsp3) is 0.211. The number of nitrogens with zero attached hydrogens (tertiary/aromatic N) is 1. The third kappa shape index (κ3) is 3.19. The third-order valence-electron chi connectivity index (χ3n) is 3.89. The largest absolute Gasteiger partial charge is 0.449 e. The maximum absolute atomic E-state index is 12.2. The fourth-order valence-corrected chi connectivity index (χ4v) is 2.53. The van der Waals surface area contributed by atoms with E-state index in [4.69, 9.17) is 4.74 Å². The highest BCUT2D eigenvalue weighted by atomic mass is 16.6. The summed E-state index contributed by atoms with van der Waals surface area (Å²) in [5.41, 5.74) is 3.47. The summed E-state index contributed by atoms with van der Waals surface area (Å²) < 4.78 is 5.45. The number of carbonyl (C=O) groups is 1. The highest BCUT2D eigenvalue weighted by Gasteiger charge is 2.18.